The second kappa shape index (κ2) is 9.26. The predicted molar refractivity (Wildman–Crippen MR) is 106 cm³/mol. The fourth-order valence-electron chi connectivity index (χ4n) is 3.34. The highest BCUT2D eigenvalue weighted by molar-refractivity contribution is 5.77. The third kappa shape index (κ3) is 5.25. The van der Waals surface area contributed by atoms with Crippen LogP contribution < -0.4 is 10.1 Å². The summed E-state index contributed by atoms with van der Waals surface area (Å²) in [4.78, 5) is 25.3. The number of aliphatic carboxylic acids is 1. The zero-order chi connectivity index (χ0) is 19.9. The summed E-state index contributed by atoms with van der Waals surface area (Å²) in [6, 6.07) is 17.2. The van der Waals surface area contributed by atoms with Crippen LogP contribution in [0, 0.1) is 5.92 Å². The van der Waals surface area contributed by atoms with Gasteiger partial charge in [0.15, 0.2) is 0 Å². The summed E-state index contributed by atoms with van der Waals surface area (Å²) in [5, 5.41) is 12.2. The summed E-state index contributed by atoms with van der Waals surface area (Å²) in [6.07, 6.45) is 1.33. The third-order valence-corrected chi connectivity index (χ3v) is 5.00. The molecule has 1 unspecified atom stereocenters. The molecule has 2 aromatic rings. The van der Waals surface area contributed by atoms with Crippen molar-refractivity contribution in [1.29, 1.82) is 0 Å². The SMILES string of the molecule is C[C@H](NC(=O)N1CCCC(C(=O)O)C1)c1cccc(OCc2ccccc2)c1. The fraction of sp³-hybridized carbons (Fsp3) is 0.364. The number of carboxylic acids is 1. The van der Waals surface area contributed by atoms with Crippen LogP contribution in [0.3, 0.4) is 0 Å². The van der Waals surface area contributed by atoms with E-state index in [0.29, 0.717) is 26.0 Å². The van der Waals surface area contributed by atoms with Gasteiger partial charge in [0.2, 0.25) is 0 Å². The lowest BCUT2D eigenvalue weighted by Crippen LogP contribution is -2.47. The largest absolute Gasteiger partial charge is 0.489 e. The molecule has 28 heavy (non-hydrogen) atoms. The number of urea groups is 1. The number of piperidine rings is 1. The van der Waals surface area contributed by atoms with Crippen LogP contribution in [0.2, 0.25) is 0 Å². The van der Waals surface area contributed by atoms with E-state index in [1.54, 1.807) is 4.90 Å². The first-order valence-corrected chi connectivity index (χ1v) is 9.58. The zero-order valence-corrected chi connectivity index (χ0v) is 16.0. The second-order valence-corrected chi connectivity index (χ2v) is 7.14. The van der Waals surface area contributed by atoms with Crippen LogP contribution in [0.4, 0.5) is 4.79 Å². The van der Waals surface area contributed by atoms with Gasteiger partial charge in [0.05, 0.1) is 12.0 Å². The average molecular weight is 382 g/mol. The van der Waals surface area contributed by atoms with Crippen LogP contribution in [-0.4, -0.2) is 35.1 Å². The number of nitrogens with zero attached hydrogens (tertiary/aromatic N) is 1. The molecule has 0 saturated carbocycles. The molecule has 0 radical (unpaired) electrons. The lowest BCUT2D eigenvalue weighted by Gasteiger charge is -2.31. The molecular weight excluding hydrogens is 356 g/mol. The maximum absolute atomic E-state index is 12.5. The number of nitrogens with one attached hydrogen (secondary N) is 1. The van der Waals surface area contributed by atoms with E-state index in [2.05, 4.69) is 5.32 Å². The molecule has 2 atom stereocenters. The van der Waals surface area contributed by atoms with Crippen molar-refractivity contribution in [3.63, 3.8) is 0 Å². The minimum absolute atomic E-state index is 0.210. The lowest BCUT2D eigenvalue weighted by atomic mass is 9.98. The number of carbonyl (C=O) groups is 2. The van der Waals surface area contributed by atoms with Crippen LogP contribution in [-0.2, 0) is 11.4 Å². The van der Waals surface area contributed by atoms with E-state index in [1.165, 1.54) is 0 Å². The molecular formula is C22H26N2O4. The molecule has 2 aromatic carbocycles. The Kier molecular flexibility index (Phi) is 6.53. The van der Waals surface area contributed by atoms with Gasteiger partial charge in [-0.05, 0) is 43.0 Å². The molecule has 2 amide bonds. The molecule has 0 aliphatic carbocycles. The van der Waals surface area contributed by atoms with Crippen molar-refractivity contribution in [2.75, 3.05) is 13.1 Å². The van der Waals surface area contributed by atoms with Crippen LogP contribution in [0.1, 0.15) is 36.9 Å². The van der Waals surface area contributed by atoms with Gasteiger partial charge >= 0.3 is 12.0 Å². The molecule has 6 heteroatoms. The van der Waals surface area contributed by atoms with Gasteiger partial charge in [0.25, 0.3) is 0 Å². The molecule has 0 spiro atoms. The molecule has 0 bridgehead atoms. The van der Waals surface area contributed by atoms with Crippen molar-refractivity contribution in [1.82, 2.24) is 10.2 Å². The second-order valence-electron chi connectivity index (χ2n) is 7.14. The summed E-state index contributed by atoms with van der Waals surface area (Å²) in [6.45, 7) is 3.24. The van der Waals surface area contributed by atoms with Crippen molar-refractivity contribution in [3.05, 3.63) is 65.7 Å². The maximum Gasteiger partial charge on any atom is 0.317 e. The van der Waals surface area contributed by atoms with E-state index in [9.17, 15) is 14.7 Å². The zero-order valence-electron chi connectivity index (χ0n) is 16.0. The minimum atomic E-state index is -0.839. The average Bonchev–Trinajstić information content (AvgIpc) is 2.73. The standard InChI is InChI=1S/C22H26N2O4/c1-16(23-22(27)24-12-6-10-19(14-24)21(25)26)18-9-5-11-20(13-18)28-15-17-7-3-2-4-8-17/h2-5,7-9,11,13,16,19H,6,10,12,14-15H2,1H3,(H,23,27)(H,25,26)/t16-,19?/m0/s1. The van der Waals surface area contributed by atoms with Crippen LogP contribution >= 0.6 is 0 Å². The number of ether oxygens (including phenoxy) is 1. The Morgan fingerprint density at radius 2 is 2.00 bits per heavy atom. The van der Waals surface area contributed by atoms with E-state index in [1.807, 2.05) is 61.5 Å². The summed E-state index contributed by atoms with van der Waals surface area (Å²) < 4.78 is 5.86. The van der Waals surface area contributed by atoms with Crippen molar-refractivity contribution in [3.8, 4) is 5.75 Å². The fourth-order valence-corrected chi connectivity index (χ4v) is 3.34. The van der Waals surface area contributed by atoms with Gasteiger partial charge in [-0.25, -0.2) is 4.79 Å². The molecule has 3 rings (SSSR count). The Morgan fingerprint density at radius 1 is 1.21 bits per heavy atom. The quantitative estimate of drug-likeness (QED) is 0.796. The number of amides is 2. The van der Waals surface area contributed by atoms with Gasteiger partial charge in [-0.15, -0.1) is 0 Å². The molecule has 1 fully saturated rings. The van der Waals surface area contributed by atoms with Gasteiger partial charge in [-0.2, -0.15) is 0 Å². The van der Waals surface area contributed by atoms with E-state index in [-0.39, 0.29) is 18.6 Å². The smallest absolute Gasteiger partial charge is 0.317 e. The topological polar surface area (TPSA) is 78.9 Å². The van der Waals surface area contributed by atoms with Crippen molar-refractivity contribution in [2.45, 2.75) is 32.4 Å². The first-order chi connectivity index (χ1) is 13.5. The third-order valence-electron chi connectivity index (χ3n) is 5.00. The Labute approximate surface area is 165 Å². The van der Waals surface area contributed by atoms with E-state index < -0.39 is 11.9 Å². The first-order valence-electron chi connectivity index (χ1n) is 9.58. The van der Waals surface area contributed by atoms with Gasteiger partial charge in [-0.1, -0.05) is 42.5 Å². The Morgan fingerprint density at radius 3 is 2.75 bits per heavy atom. The molecule has 1 aliphatic heterocycles. The highest BCUT2D eigenvalue weighted by Gasteiger charge is 2.28. The number of rotatable bonds is 6. The number of hydrogen-bond donors (Lipinski definition) is 2. The molecule has 148 valence electrons. The first kappa shape index (κ1) is 19.7. The highest BCUT2D eigenvalue weighted by Crippen LogP contribution is 2.22. The normalized spacial score (nSPS) is 17.6. The summed E-state index contributed by atoms with van der Waals surface area (Å²) >= 11 is 0. The van der Waals surface area contributed by atoms with Crippen molar-refractivity contribution >= 4 is 12.0 Å². The van der Waals surface area contributed by atoms with Crippen LogP contribution in [0.25, 0.3) is 0 Å². The highest BCUT2D eigenvalue weighted by atomic mass is 16.5. The van der Waals surface area contributed by atoms with E-state index >= 15 is 0 Å². The van der Waals surface area contributed by atoms with Gasteiger partial charge in [0.1, 0.15) is 12.4 Å². The Hall–Kier alpha value is -3.02. The molecule has 6 nitrogen and oxygen atoms in total. The Balaban J connectivity index is 1.57. The van der Waals surface area contributed by atoms with Crippen LogP contribution in [0.5, 0.6) is 5.75 Å². The number of carbonyl (C=O) groups excluding carboxylic acids is 1. The Bertz CT molecular complexity index is 809. The molecule has 1 heterocycles. The van der Waals surface area contributed by atoms with E-state index in [0.717, 1.165) is 16.9 Å². The number of benzene rings is 2. The number of likely N-dealkylation sites (tertiary alicyclic amines) is 1. The predicted octanol–water partition coefficient (Wildman–Crippen LogP) is 3.83. The summed E-state index contributed by atoms with van der Waals surface area (Å²) in [5.41, 5.74) is 2.03. The van der Waals surface area contributed by atoms with Gasteiger partial charge < -0.3 is 20.1 Å². The van der Waals surface area contributed by atoms with Crippen molar-refractivity contribution < 1.29 is 19.4 Å². The van der Waals surface area contributed by atoms with Gasteiger partial charge in [-0.3, -0.25) is 4.79 Å². The van der Waals surface area contributed by atoms with E-state index in [4.69, 9.17) is 4.74 Å². The van der Waals surface area contributed by atoms with Crippen molar-refractivity contribution in [2.24, 2.45) is 5.92 Å². The van der Waals surface area contributed by atoms with Gasteiger partial charge in [0, 0.05) is 13.1 Å². The number of hydrogen-bond acceptors (Lipinski definition) is 3. The number of carboxylic acid groups (broad SMARTS) is 1. The molecule has 2 N–H and O–H groups in total. The molecule has 1 aliphatic rings. The molecule has 0 aromatic heterocycles. The molecule has 1 saturated heterocycles. The minimum Gasteiger partial charge on any atom is -0.489 e. The summed E-state index contributed by atoms with van der Waals surface area (Å²) in [5.74, 6) is -0.579. The monoisotopic (exact) mass is 382 g/mol. The van der Waals surface area contributed by atoms with Crippen LogP contribution in [0.15, 0.2) is 54.6 Å². The summed E-state index contributed by atoms with van der Waals surface area (Å²) in [7, 11) is 0. The maximum atomic E-state index is 12.5. The lowest BCUT2D eigenvalue weighted by molar-refractivity contribution is -0.143.